The second-order valence-electron chi connectivity index (χ2n) is 9.39. The Kier molecular flexibility index (Phi) is 5.92. The molecule has 1 amide bonds. The van der Waals surface area contributed by atoms with E-state index >= 15 is 0 Å². The number of amides is 1. The zero-order chi connectivity index (χ0) is 25.4. The summed E-state index contributed by atoms with van der Waals surface area (Å²) in [5, 5.41) is 10.1. The molecule has 2 aromatic heterocycles. The van der Waals surface area contributed by atoms with Gasteiger partial charge in [0, 0.05) is 36.6 Å². The summed E-state index contributed by atoms with van der Waals surface area (Å²) in [6.07, 6.45) is 0.412. The molecule has 186 valence electrons. The molecule has 0 radical (unpaired) electrons. The fourth-order valence-electron chi connectivity index (χ4n) is 5.11. The molecule has 1 fully saturated rings. The van der Waals surface area contributed by atoms with Gasteiger partial charge in [-0.05, 0) is 36.8 Å². The van der Waals surface area contributed by atoms with E-state index in [1.807, 2.05) is 88.2 Å². The van der Waals surface area contributed by atoms with Gasteiger partial charge in [-0.3, -0.25) is 4.79 Å². The van der Waals surface area contributed by atoms with Crippen LogP contribution in [0.15, 0.2) is 78.9 Å². The van der Waals surface area contributed by atoms with E-state index in [2.05, 4.69) is 22.0 Å². The van der Waals surface area contributed by atoms with Crippen molar-refractivity contribution in [1.29, 1.82) is 0 Å². The number of piperazine rings is 1. The molecule has 1 atom stereocenters. The number of benzene rings is 3. The van der Waals surface area contributed by atoms with Crippen molar-refractivity contribution in [3.05, 3.63) is 84.4 Å². The first-order chi connectivity index (χ1) is 18.1. The second-order valence-corrected chi connectivity index (χ2v) is 9.39. The van der Waals surface area contributed by atoms with Gasteiger partial charge in [0.25, 0.3) is 0 Å². The SMILES string of the molecule is COc1cccc(-c2nnc3c4ccccc4nc(N4CCN(C(=O)Cc5ccccc5)C(C)C4)n23)c1. The molecule has 8 heteroatoms. The fourth-order valence-corrected chi connectivity index (χ4v) is 5.11. The molecule has 5 aromatic rings. The Bertz CT molecular complexity index is 1580. The smallest absolute Gasteiger partial charge is 0.227 e. The van der Waals surface area contributed by atoms with Gasteiger partial charge in [0.1, 0.15) is 5.75 Å². The van der Waals surface area contributed by atoms with Gasteiger partial charge in [0.2, 0.25) is 11.9 Å². The standard InChI is InChI=1S/C29H28N6O2/c1-20-19-33(15-16-34(20)26(36)17-21-9-4-3-5-10-21)29-30-25-14-7-6-13-24(25)28-32-31-27(35(28)29)22-11-8-12-23(18-22)37-2/h3-14,18,20H,15-17,19H2,1-2H3. The van der Waals surface area contributed by atoms with Gasteiger partial charge in [0.05, 0.1) is 19.0 Å². The molecular formula is C29H28N6O2. The highest BCUT2D eigenvalue weighted by Crippen LogP contribution is 2.30. The lowest BCUT2D eigenvalue weighted by Crippen LogP contribution is -2.55. The highest BCUT2D eigenvalue weighted by atomic mass is 16.5. The summed E-state index contributed by atoms with van der Waals surface area (Å²) in [6.45, 7) is 4.06. The van der Waals surface area contributed by atoms with Gasteiger partial charge in [-0.1, -0.05) is 54.6 Å². The van der Waals surface area contributed by atoms with Crippen LogP contribution in [0.1, 0.15) is 12.5 Å². The third-order valence-corrected chi connectivity index (χ3v) is 6.99. The lowest BCUT2D eigenvalue weighted by atomic mass is 10.1. The number of hydrogen-bond acceptors (Lipinski definition) is 6. The summed E-state index contributed by atoms with van der Waals surface area (Å²) in [6, 6.07) is 25.8. The maximum absolute atomic E-state index is 13.1. The number of methoxy groups -OCH3 is 1. The minimum absolute atomic E-state index is 0.0324. The average Bonchev–Trinajstić information content (AvgIpc) is 3.39. The van der Waals surface area contributed by atoms with Crippen molar-refractivity contribution >= 4 is 28.4 Å². The van der Waals surface area contributed by atoms with Crippen molar-refractivity contribution in [2.45, 2.75) is 19.4 Å². The largest absolute Gasteiger partial charge is 0.497 e. The van der Waals surface area contributed by atoms with Crippen LogP contribution in [-0.4, -0.2) is 63.2 Å². The number of fused-ring (bicyclic) bond motifs is 3. The topological polar surface area (TPSA) is 75.9 Å². The molecule has 1 saturated heterocycles. The molecule has 1 unspecified atom stereocenters. The average molecular weight is 493 g/mol. The summed E-state index contributed by atoms with van der Waals surface area (Å²) >= 11 is 0. The number of ether oxygens (including phenoxy) is 1. The molecule has 1 aliphatic rings. The van der Waals surface area contributed by atoms with Crippen LogP contribution in [0.5, 0.6) is 5.75 Å². The lowest BCUT2D eigenvalue weighted by molar-refractivity contribution is -0.132. The molecule has 0 aliphatic carbocycles. The molecule has 0 spiro atoms. The summed E-state index contributed by atoms with van der Waals surface area (Å²) in [5.74, 6) is 2.39. The number of para-hydroxylation sites is 1. The van der Waals surface area contributed by atoms with Gasteiger partial charge < -0.3 is 14.5 Å². The number of aromatic nitrogens is 4. The van der Waals surface area contributed by atoms with Gasteiger partial charge in [-0.15, -0.1) is 10.2 Å². The van der Waals surface area contributed by atoms with Crippen LogP contribution < -0.4 is 9.64 Å². The van der Waals surface area contributed by atoms with Crippen LogP contribution in [0.2, 0.25) is 0 Å². The number of nitrogens with zero attached hydrogens (tertiary/aromatic N) is 6. The number of carbonyl (C=O) groups is 1. The van der Waals surface area contributed by atoms with E-state index in [4.69, 9.17) is 9.72 Å². The highest BCUT2D eigenvalue weighted by molar-refractivity contribution is 5.93. The number of rotatable bonds is 5. The number of anilines is 1. The Morgan fingerprint density at radius 1 is 0.973 bits per heavy atom. The first-order valence-electron chi connectivity index (χ1n) is 12.5. The highest BCUT2D eigenvalue weighted by Gasteiger charge is 2.30. The van der Waals surface area contributed by atoms with Crippen molar-refractivity contribution in [3.8, 4) is 17.1 Å². The third kappa shape index (κ3) is 4.24. The van der Waals surface area contributed by atoms with Crippen LogP contribution >= 0.6 is 0 Å². The Morgan fingerprint density at radius 2 is 1.78 bits per heavy atom. The van der Waals surface area contributed by atoms with Gasteiger partial charge >= 0.3 is 0 Å². The van der Waals surface area contributed by atoms with E-state index in [-0.39, 0.29) is 11.9 Å². The van der Waals surface area contributed by atoms with E-state index in [0.29, 0.717) is 31.9 Å². The van der Waals surface area contributed by atoms with Crippen LogP contribution in [0, 0.1) is 0 Å². The van der Waals surface area contributed by atoms with E-state index in [0.717, 1.165) is 39.4 Å². The van der Waals surface area contributed by atoms with Crippen LogP contribution in [0.4, 0.5) is 5.95 Å². The van der Waals surface area contributed by atoms with Crippen molar-refractivity contribution < 1.29 is 9.53 Å². The Morgan fingerprint density at radius 3 is 2.59 bits per heavy atom. The first kappa shape index (κ1) is 23.0. The summed E-state index contributed by atoms with van der Waals surface area (Å²) < 4.78 is 7.48. The van der Waals surface area contributed by atoms with E-state index in [1.54, 1.807) is 7.11 Å². The number of hydrogen-bond donors (Lipinski definition) is 0. The molecule has 3 heterocycles. The zero-order valence-corrected chi connectivity index (χ0v) is 20.9. The van der Waals surface area contributed by atoms with E-state index in [1.165, 1.54) is 0 Å². The Balaban J connectivity index is 1.37. The molecule has 8 nitrogen and oxygen atoms in total. The predicted octanol–water partition coefficient (Wildman–Crippen LogP) is 4.23. The minimum atomic E-state index is 0.0324. The first-order valence-corrected chi connectivity index (χ1v) is 12.5. The summed E-state index contributed by atoms with van der Waals surface area (Å²) in [7, 11) is 1.65. The van der Waals surface area contributed by atoms with Crippen LogP contribution in [0.25, 0.3) is 27.9 Å². The number of carbonyl (C=O) groups excluding carboxylic acids is 1. The fraction of sp³-hybridized carbons (Fsp3) is 0.241. The Labute approximate surface area is 215 Å². The molecular weight excluding hydrogens is 464 g/mol. The van der Waals surface area contributed by atoms with Crippen LogP contribution in [0.3, 0.4) is 0 Å². The Hall–Kier alpha value is -4.46. The predicted molar refractivity (Wildman–Crippen MR) is 144 cm³/mol. The van der Waals surface area contributed by atoms with Gasteiger partial charge in [-0.25, -0.2) is 9.38 Å². The van der Waals surface area contributed by atoms with Gasteiger partial charge in [0.15, 0.2) is 11.5 Å². The van der Waals surface area contributed by atoms with E-state index in [9.17, 15) is 4.79 Å². The molecule has 0 bridgehead atoms. The maximum Gasteiger partial charge on any atom is 0.227 e. The maximum atomic E-state index is 13.1. The minimum Gasteiger partial charge on any atom is -0.497 e. The second kappa shape index (κ2) is 9.54. The summed E-state index contributed by atoms with van der Waals surface area (Å²) in [4.78, 5) is 22.4. The zero-order valence-electron chi connectivity index (χ0n) is 20.9. The molecule has 3 aromatic carbocycles. The summed E-state index contributed by atoms with van der Waals surface area (Å²) in [5.41, 5.74) is 3.56. The normalized spacial score (nSPS) is 15.9. The molecule has 6 rings (SSSR count). The molecule has 37 heavy (non-hydrogen) atoms. The van der Waals surface area contributed by atoms with Crippen LogP contribution in [-0.2, 0) is 11.2 Å². The van der Waals surface area contributed by atoms with Crippen molar-refractivity contribution in [2.75, 3.05) is 31.6 Å². The van der Waals surface area contributed by atoms with Gasteiger partial charge in [-0.2, -0.15) is 0 Å². The monoisotopic (exact) mass is 492 g/mol. The molecule has 1 aliphatic heterocycles. The van der Waals surface area contributed by atoms with Crippen molar-refractivity contribution in [2.24, 2.45) is 0 Å². The van der Waals surface area contributed by atoms with Crippen molar-refractivity contribution in [1.82, 2.24) is 24.5 Å². The lowest BCUT2D eigenvalue weighted by Gasteiger charge is -2.40. The quantitative estimate of drug-likeness (QED) is 0.366. The molecule has 0 saturated carbocycles. The third-order valence-electron chi connectivity index (χ3n) is 6.99. The van der Waals surface area contributed by atoms with E-state index < -0.39 is 0 Å². The van der Waals surface area contributed by atoms with Crippen molar-refractivity contribution in [3.63, 3.8) is 0 Å². The molecule has 0 N–H and O–H groups in total.